The van der Waals surface area contributed by atoms with Gasteiger partial charge in [-0.25, -0.2) is 0 Å². The summed E-state index contributed by atoms with van der Waals surface area (Å²) in [5.41, 5.74) is 2.85. The lowest BCUT2D eigenvalue weighted by Crippen LogP contribution is -2.41. The van der Waals surface area contributed by atoms with Crippen molar-refractivity contribution in [1.82, 2.24) is 10.3 Å². The fourth-order valence-electron chi connectivity index (χ4n) is 3.35. The number of hydrogen-bond acceptors (Lipinski definition) is 3. The second kappa shape index (κ2) is 8.25. The van der Waals surface area contributed by atoms with Crippen molar-refractivity contribution in [3.63, 3.8) is 0 Å². The van der Waals surface area contributed by atoms with Crippen LogP contribution in [0.15, 0.2) is 48.3 Å². The van der Waals surface area contributed by atoms with E-state index < -0.39 is 0 Å². The number of piperidine rings is 1. The van der Waals surface area contributed by atoms with Crippen LogP contribution >= 0.6 is 0 Å². The Morgan fingerprint density at radius 3 is 3.14 bits per heavy atom. The molecule has 3 heteroatoms. The highest BCUT2D eigenvalue weighted by atomic mass is 16.5. The normalized spacial score (nSPS) is 25.0. The van der Waals surface area contributed by atoms with Crippen molar-refractivity contribution in [2.45, 2.75) is 38.2 Å². The Morgan fingerprint density at radius 1 is 1.32 bits per heavy atom. The Balaban J connectivity index is 1.40. The smallest absolute Gasteiger partial charge is 0.0702 e. The molecule has 2 aliphatic rings. The molecule has 118 valence electrons. The monoisotopic (exact) mass is 298 g/mol. The van der Waals surface area contributed by atoms with Crippen LogP contribution in [-0.4, -0.2) is 30.8 Å². The van der Waals surface area contributed by atoms with Crippen molar-refractivity contribution in [3.8, 4) is 0 Å². The van der Waals surface area contributed by atoms with Crippen LogP contribution in [-0.2, 0) is 11.2 Å². The molecule has 3 rings (SSSR count). The van der Waals surface area contributed by atoms with Gasteiger partial charge >= 0.3 is 0 Å². The molecule has 2 heterocycles. The largest absolute Gasteiger partial charge is 0.377 e. The number of pyridine rings is 1. The predicted molar refractivity (Wildman–Crippen MR) is 89.7 cm³/mol. The lowest BCUT2D eigenvalue weighted by Gasteiger charge is -2.31. The molecule has 0 spiro atoms. The minimum absolute atomic E-state index is 0.357. The fraction of sp³-hybridized carbons (Fsp3) is 0.526. The number of rotatable bonds is 6. The minimum atomic E-state index is 0.357. The number of nitrogens with one attached hydrogen (secondary N) is 1. The molecule has 1 aliphatic carbocycles. The van der Waals surface area contributed by atoms with Gasteiger partial charge in [0.05, 0.1) is 12.7 Å². The van der Waals surface area contributed by atoms with E-state index in [0.717, 1.165) is 32.0 Å². The van der Waals surface area contributed by atoms with Crippen LogP contribution in [0.25, 0.3) is 0 Å². The summed E-state index contributed by atoms with van der Waals surface area (Å²) in [7, 11) is 0. The molecule has 0 aromatic carbocycles. The maximum Gasteiger partial charge on any atom is 0.0702 e. The predicted octanol–water partition coefficient (Wildman–Crippen LogP) is 3.29. The molecular weight excluding hydrogens is 272 g/mol. The summed E-state index contributed by atoms with van der Waals surface area (Å²) >= 11 is 0. The first-order chi connectivity index (χ1) is 10.9. The number of nitrogens with zero attached hydrogens (tertiary/aromatic N) is 1. The van der Waals surface area contributed by atoms with E-state index in [1.165, 1.54) is 31.2 Å². The van der Waals surface area contributed by atoms with E-state index in [1.54, 1.807) is 5.57 Å². The molecule has 1 aromatic rings. The molecule has 0 unspecified atom stereocenters. The summed E-state index contributed by atoms with van der Waals surface area (Å²) in [4.78, 5) is 4.15. The second-order valence-corrected chi connectivity index (χ2v) is 6.36. The first-order valence-electron chi connectivity index (χ1n) is 8.46. The van der Waals surface area contributed by atoms with Crippen molar-refractivity contribution in [2.24, 2.45) is 5.92 Å². The van der Waals surface area contributed by atoms with Gasteiger partial charge in [-0.05, 0) is 56.2 Å². The summed E-state index contributed by atoms with van der Waals surface area (Å²) in [5.74, 6) is 0.717. The first kappa shape index (κ1) is 15.4. The molecule has 1 aliphatic heterocycles. The van der Waals surface area contributed by atoms with Gasteiger partial charge in [-0.15, -0.1) is 0 Å². The van der Waals surface area contributed by atoms with Gasteiger partial charge in [0.25, 0.3) is 0 Å². The molecule has 1 fully saturated rings. The van der Waals surface area contributed by atoms with Gasteiger partial charge in [0.1, 0.15) is 0 Å². The van der Waals surface area contributed by atoms with Gasteiger partial charge in [0.15, 0.2) is 0 Å². The van der Waals surface area contributed by atoms with E-state index in [9.17, 15) is 0 Å². The van der Waals surface area contributed by atoms with Crippen molar-refractivity contribution >= 4 is 0 Å². The van der Waals surface area contributed by atoms with E-state index in [4.69, 9.17) is 4.74 Å². The quantitative estimate of drug-likeness (QED) is 0.875. The third kappa shape index (κ3) is 4.79. The topological polar surface area (TPSA) is 34.1 Å². The molecule has 1 N–H and O–H groups in total. The van der Waals surface area contributed by atoms with E-state index in [2.05, 4.69) is 34.6 Å². The maximum absolute atomic E-state index is 6.08. The average Bonchev–Trinajstić information content (AvgIpc) is 2.57. The standard InChI is InChI=1S/C19H26N2O/c1-2-5-16(6-3-1)11-18-12-19(15-21-14-18)22-10-8-17-7-4-9-20-13-17/h1-2,4-5,7,9,13,18-19,21H,3,6,8,10-12,14-15H2/t18-,19+/m0/s1. The van der Waals surface area contributed by atoms with Crippen molar-refractivity contribution < 1.29 is 4.74 Å². The Morgan fingerprint density at radius 2 is 2.32 bits per heavy atom. The summed E-state index contributed by atoms with van der Waals surface area (Å²) in [6, 6.07) is 4.10. The number of allylic oxidation sites excluding steroid dienone is 4. The van der Waals surface area contributed by atoms with Crippen LogP contribution < -0.4 is 5.32 Å². The zero-order valence-corrected chi connectivity index (χ0v) is 13.2. The van der Waals surface area contributed by atoms with Gasteiger partial charge in [-0.2, -0.15) is 0 Å². The van der Waals surface area contributed by atoms with Crippen LogP contribution in [0.3, 0.4) is 0 Å². The summed E-state index contributed by atoms with van der Waals surface area (Å²) in [6.07, 6.45) is 16.7. The average molecular weight is 298 g/mol. The van der Waals surface area contributed by atoms with Gasteiger partial charge in [0.2, 0.25) is 0 Å². The highest BCUT2D eigenvalue weighted by Gasteiger charge is 2.23. The van der Waals surface area contributed by atoms with E-state index in [0.29, 0.717) is 6.10 Å². The van der Waals surface area contributed by atoms with Crippen molar-refractivity contribution in [2.75, 3.05) is 19.7 Å². The molecule has 2 atom stereocenters. The summed E-state index contributed by atoms with van der Waals surface area (Å²) in [6.45, 7) is 2.90. The third-order valence-corrected chi connectivity index (χ3v) is 4.52. The van der Waals surface area contributed by atoms with Crippen molar-refractivity contribution in [1.29, 1.82) is 0 Å². The van der Waals surface area contributed by atoms with Gasteiger partial charge in [-0.1, -0.05) is 29.9 Å². The van der Waals surface area contributed by atoms with Crippen LogP contribution in [0, 0.1) is 5.92 Å². The first-order valence-corrected chi connectivity index (χ1v) is 8.46. The SMILES string of the molecule is C1=CCCC(C[C@@H]2CNC[C@H](OCCc3cccnc3)C2)=C1. The molecule has 1 saturated heterocycles. The van der Waals surface area contributed by atoms with Crippen molar-refractivity contribution in [3.05, 3.63) is 53.9 Å². The Bertz CT molecular complexity index is 509. The van der Waals surface area contributed by atoms with Gasteiger partial charge in [-0.3, -0.25) is 4.98 Å². The summed E-state index contributed by atoms with van der Waals surface area (Å²) < 4.78 is 6.08. The molecule has 1 aromatic heterocycles. The van der Waals surface area contributed by atoms with Crippen LogP contribution in [0.4, 0.5) is 0 Å². The van der Waals surface area contributed by atoms with E-state index in [1.807, 2.05) is 18.5 Å². The zero-order chi connectivity index (χ0) is 15.0. The molecular formula is C19H26N2O. The number of ether oxygens (including phenoxy) is 1. The lowest BCUT2D eigenvalue weighted by molar-refractivity contribution is 0.0241. The fourth-order valence-corrected chi connectivity index (χ4v) is 3.35. The maximum atomic E-state index is 6.08. The molecule has 0 amide bonds. The van der Waals surface area contributed by atoms with E-state index in [-0.39, 0.29) is 0 Å². The number of hydrogen-bond donors (Lipinski definition) is 1. The second-order valence-electron chi connectivity index (χ2n) is 6.36. The highest BCUT2D eigenvalue weighted by molar-refractivity contribution is 5.18. The van der Waals surface area contributed by atoms with E-state index >= 15 is 0 Å². The van der Waals surface area contributed by atoms with Crippen LogP contribution in [0.5, 0.6) is 0 Å². The molecule has 0 radical (unpaired) electrons. The van der Waals surface area contributed by atoms with Gasteiger partial charge in [0, 0.05) is 18.9 Å². The highest BCUT2D eigenvalue weighted by Crippen LogP contribution is 2.25. The zero-order valence-electron chi connectivity index (χ0n) is 13.2. The summed E-state index contributed by atoms with van der Waals surface area (Å²) in [5, 5.41) is 3.54. The lowest BCUT2D eigenvalue weighted by atomic mass is 9.88. The number of aromatic nitrogens is 1. The molecule has 3 nitrogen and oxygen atoms in total. The molecule has 0 bridgehead atoms. The Hall–Kier alpha value is -1.45. The van der Waals surface area contributed by atoms with Gasteiger partial charge < -0.3 is 10.1 Å². The molecule has 0 saturated carbocycles. The third-order valence-electron chi connectivity index (χ3n) is 4.52. The Labute approximate surface area is 133 Å². The Kier molecular flexibility index (Phi) is 5.79. The van der Waals surface area contributed by atoms with Crippen LogP contribution in [0.2, 0.25) is 0 Å². The molecule has 22 heavy (non-hydrogen) atoms. The van der Waals surface area contributed by atoms with Crippen LogP contribution in [0.1, 0.15) is 31.2 Å². The minimum Gasteiger partial charge on any atom is -0.377 e.